The largest absolute Gasteiger partial charge is 0.370 e. The molecule has 5 nitrogen and oxygen atoms in total. The molecule has 7 heteroatoms. The molecule has 0 saturated carbocycles. The van der Waals surface area contributed by atoms with Gasteiger partial charge in [0.2, 0.25) is 5.91 Å². The van der Waals surface area contributed by atoms with Gasteiger partial charge in [0.25, 0.3) is 0 Å². The van der Waals surface area contributed by atoms with E-state index in [1.54, 1.807) is 0 Å². The Morgan fingerprint density at radius 1 is 1.36 bits per heavy atom. The Morgan fingerprint density at radius 2 is 2.18 bits per heavy atom. The molecule has 0 aromatic carbocycles. The number of halogens is 2. The molecule has 0 spiro atoms. The van der Waals surface area contributed by atoms with Crippen LogP contribution in [0, 0.1) is 6.92 Å². The summed E-state index contributed by atoms with van der Waals surface area (Å²) < 4.78 is 0. The molecule has 1 unspecified atom stereocenters. The quantitative estimate of drug-likeness (QED) is 0.661. The molecule has 2 heterocycles. The molecule has 1 amide bonds. The average molecular weight is 349 g/mol. The Bertz CT molecular complexity index is 422. The van der Waals surface area contributed by atoms with Crippen LogP contribution in [0.3, 0.4) is 0 Å². The van der Waals surface area contributed by atoms with Crippen molar-refractivity contribution < 1.29 is 4.79 Å². The van der Waals surface area contributed by atoms with Gasteiger partial charge in [-0.25, -0.2) is 4.98 Å². The van der Waals surface area contributed by atoms with Crippen LogP contribution in [-0.4, -0.2) is 36.6 Å². The zero-order chi connectivity index (χ0) is 14.2. The van der Waals surface area contributed by atoms with Crippen LogP contribution in [-0.2, 0) is 4.79 Å². The van der Waals surface area contributed by atoms with E-state index in [1.807, 2.05) is 25.3 Å². The fourth-order valence-electron chi connectivity index (χ4n) is 2.33. The third kappa shape index (κ3) is 7.82. The second kappa shape index (κ2) is 11.5. The van der Waals surface area contributed by atoms with Crippen LogP contribution in [0.25, 0.3) is 0 Å². The van der Waals surface area contributed by atoms with Gasteiger partial charge in [-0.15, -0.1) is 24.8 Å². The second-order valence-electron chi connectivity index (χ2n) is 5.35. The van der Waals surface area contributed by atoms with Gasteiger partial charge in [0.1, 0.15) is 5.82 Å². The third-order valence-corrected chi connectivity index (χ3v) is 3.49. The van der Waals surface area contributed by atoms with Gasteiger partial charge >= 0.3 is 0 Å². The first kappa shape index (κ1) is 21.0. The highest BCUT2D eigenvalue weighted by atomic mass is 35.5. The smallest absolute Gasteiger partial charge is 0.221 e. The predicted octanol–water partition coefficient (Wildman–Crippen LogP) is 2.29. The monoisotopic (exact) mass is 348 g/mol. The van der Waals surface area contributed by atoms with Gasteiger partial charge in [-0.2, -0.15) is 0 Å². The zero-order valence-corrected chi connectivity index (χ0v) is 14.6. The molecule has 1 aromatic rings. The Labute approximate surface area is 144 Å². The van der Waals surface area contributed by atoms with Crippen molar-refractivity contribution in [2.75, 3.05) is 25.0 Å². The molecular weight excluding hydrogens is 323 g/mol. The molecule has 1 atom stereocenters. The minimum absolute atomic E-state index is 0. The van der Waals surface area contributed by atoms with E-state index >= 15 is 0 Å². The lowest BCUT2D eigenvalue weighted by atomic mass is 10.1. The van der Waals surface area contributed by atoms with Crippen LogP contribution in [0.2, 0.25) is 0 Å². The van der Waals surface area contributed by atoms with Crippen molar-refractivity contribution in [3.05, 3.63) is 23.9 Å². The SMILES string of the molecule is Cc1ccc(NCCCNC(=O)CC2CCCN2)nc1.Cl.Cl. The number of hydrogen-bond acceptors (Lipinski definition) is 4. The molecule has 3 N–H and O–H groups in total. The lowest BCUT2D eigenvalue weighted by Crippen LogP contribution is -2.32. The highest BCUT2D eigenvalue weighted by Crippen LogP contribution is 2.08. The lowest BCUT2D eigenvalue weighted by Gasteiger charge is -2.10. The molecule has 2 rings (SSSR count). The molecule has 0 bridgehead atoms. The van der Waals surface area contributed by atoms with Crippen molar-refractivity contribution in [1.82, 2.24) is 15.6 Å². The number of aromatic nitrogens is 1. The number of pyridine rings is 1. The zero-order valence-electron chi connectivity index (χ0n) is 12.9. The second-order valence-corrected chi connectivity index (χ2v) is 5.35. The van der Waals surface area contributed by atoms with Crippen molar-refractivity contribution in [2.24, 2.45) is 0 Å². The van der Waals surface area contributed by atoms with Gasteiger partial charge < -0.3 is 16.0 Å². The molecule has 0 radical (unpaired) electrons. The van der Waals surface area contributed by atoms with Gasteiger partial charge in [0, 0.05) is 31.7 Å². The molecule has 0 aliphatic carbocycles. The number of nitrogens with zero attached hydrogens (tertiary/aromatic N) is 1. The van der Waals surface area contributed by atoms with Crippen molar-refractivity contribution >= 4 is 36.5 Å². The van der Waals surface area contributed by atoms with Gasteiger partial charge in [0.05, 0.1) is 0 Å². The Morgan fingerprint density at radius 3 is 2.82 bits per heavy atom. The van der Waals surface area contributed by atoms with Crippen molar-refractivity contribution in [3.63, 3.8) is 0 Å². The summed E-state index contributed by atoms with van der Waals surface area (Å²) in [5.74, 6) is 1.04. The summed E-state index contributed by atoms with van der Waals surface area (Å²) in [5, 5.41) is 9.54. The summed E-state index contributed by atoms with van der Waals surface area (Å²) in [6, 6.07) is 4.38. The summed E-state index contributed by atoms with van der Waals surface area (Å²) in [5.41, 5.74) is 1.16. The predicted molar refractivity (Wildman–Crippen MR) is 95.2 cm³/mol. The van der Waals surface area contributed by atoms with E-state index < -0.39 is 0 Å². The van der Waals surface area contributed by atoms with Crippen LogP contribution >= 0.6 is 24.8 Å². The average Bonchev–Trinajstić information content (AvgIpc) is 2.93. The molecular formula is C15H26Cl2N4O. The standard InChI is InChI=1S/C15H24N4O.2ClH/c1-12-5-6-14(19-11-12)17-8-3-9-18-15(20)10-13-4-2-7-16-13;;/h5-6,11,13,16H,2-4,7-10H2,1H3,(H,17,19)(H,18,20);2*1H. The van der Waals surface area contributed by atoms with Gasteiger partial charge in [-0.1, -0.05) is 6.07 Å². The minimum Gasteiger partial charge on any atom is -0.370 e. The van der Waals surface area contributed by atoms with Crippen LogP contribution in [0.15, 0.2) is 18.3 Å². The summed E-state index contributed by atoms with van der Waals surface area (Å²) >= 11 is 0. The first-order valence-corrected chi connectivity index (χ1v) is 7.40. The highest BCUT2D eigenvalue weighted by Gasteiger charge is 2.16. The van der Waals surface area contributed by atoms with E-state index in [-0.39, 0.29) is 30.7 Å². The van der Waals surface area contributed by atoms with Crippen molar-refractivity contribution in [2.45, 2.75) is 38.6 Å². The number of hydrogen-bond donors (Lipinski definition) is 3. The van der Waals surface area contributed by atoms with E-state index in [9.17, 15) is 4.79 Å². The maximum Gasteiger partial charge on any atom is 0.221 e. The number of carbonyl (C=O) groups excluding carboxylic acids is 1. The first-order valence-electron chi connectivity index (χ1n) is 7.40. The highest BCUT2D eigenvalue weighted by molar-refractivity contribution is 5.85. The Balaban J connectivity index is 0.00000220. The first-order chi connectivity index (χ1) is 9.74. The number of amides is 1. The molecule has 1 aromatic heterocycles. The summed E-state index contributed by atoms with van der Waals surface area (Å²) in [6.07, 6.45) is 5.66. The normalized spacial score (nSPS) is 16.3. The van der Waals surface area contributed by atoms with E-state index in [0.717, 1.165) is 37.3 Å². The van der Waals surface area contributed by atoms with E-state index in [0.29, 0.717) is 19.0 Å². The molecule has 1 fully saturated rings. The minimum atomic E-state index is 0. The van der Waals surface area contributed by atoms with Crippen LogP contribution in [0.4, 0.5) is 5.82 Å². The van der Waals surface area contributed by atoms with E-state index in [2.05, 4.69) is 20.9 Å². The summed E-state index contributed by atoms with van der Waals surface area (Å²) in [4.78, 5) is 16.0. The number of nitrogens with one attached hydrogen (secondary N) is 3. The number of carbonyl (C=O) groups is 1. The summed E-state index contributed by atoms with van der Waals surface area (Å²) in [6.45, 7) is 4.60. The molecule has 22 heavy (non-hydrogen) atoms. The van der Waals surface area contributed by atoms with Crippen molar-refractivity contribution in [1.29, 1.82) is 0 Å². The maximum atomic E-state index is 11.7. The lowest BCUT2D eigenvalue weighted by molar-refractivity contribution is -0.121. The topological polar surface area (TPSA) is 66.0 Å². The Kier molecular flexibility index (Phi) is 11.0. The van der Waals surface area contributed by atoms with E-state index in [1.165, 1.54) is 6.42 Å². The molecule has 1 aliphatic heterocycles. The number of anilines is 1. The number of aryl methyl sites for hydroxylation is 1. The van der Waals surface area contributed by atoms with E-state index in [4.69, 9.17) is 0 Å². The van der Waals surface area contributed by atoms with Gasteiger partial charge in [0.15, 0.2) is 0 Å². The van der Waals surface area contributed by atoms with Gasteiger partial charge in [-0.3, -0.25) is 4.79 Å². The Hall–Kier alpha value is -1.04. The molecule has 126 valence electrons. The molecule has 1 aliphatic rings. The van der Waals surface area contributed by atoms with Crippen LogP contribution in [0.1, 0.15) is 31.2 Å². The van der Waals surface area contributed by atoms with Gasteiger partial charge in [-0.05, 0) is 44.4 Å². The molecule has 1 saturated heterocycles. The third-order valence-electron chi connectivity index (χ3n) is 3.49. The maximum absolute atomic E-state index is 11.7. The summed E-state index contributed by atoms with van der Waals surface area (Å²) in [7, 11) is 0. The fraction of sp³-hybridized carbons (Fsp3) is 0.600. The number of rotatable bonds is 7. The van der Waals surface area contributed by atoms with Crippen LogP contribution < -0.4 is 16.0 Å². The van der Waals surface area contributed by atoms with Crippen LogP contribution in [0.5, 0.6) is 0 Å². The van der Waals surface area contributed by atoms with Crippen molar-refractivity contribution in [3.8, 4) is 0 Å². The fourth-order valence-corrected chi connectivity index (χ4v) is 2.33.